The van der Waals surface area contributed by atoms with Crippen LogP contribution in [0.4, 0.5) is 0 Å². The van der Waals surface area contributed by atoms with Crippen LogP contribution in [0.3, 0.4) is 0 Å². The van der Waals surface area contributed by atoms with Gasteiger partial charge in [0, 0.05) is 31.0 Å². The van der Waals surface area contributed by atoms with Crippen molar-refractivity contribution >= 4 is 0 Å². The van der Waals surface area contributed by atoms with Crippen LogP contribution < -0.4 is 5.32 Å². The number of hydrogen-bond donors (Lipinski definition) is 1. The van der Waals surface area contributed by atoms with Gasteiger partial charge in [0.25, 0.3) is 0 Å². The number of nitrogens with one attached hydrogen (secondary N) is 1. The molecule has 1 aliphatic heterocycles. The molecule has 0 bridgehead atoms. The van der Waals surface area contributed by atoms with Crippen LogP contribution in [0, 0.1) is 0 Å². The van der Waals surface area contributed by atoms with Crippen LogP contribution >= 0.6 is 0 Å². The minimum absolute atomic E-state index is 0.127. The fraction of sp³-hybridized carbons (Fsp3) is 0.833. The van der Waals surface area contributed by atoms with Gasteiger partial charge in [0.05, 0.1) is 6.61 Å². The predicted octanol–water partition coefficient (Wildman–Crippen LogP) is 1.50. The molecule has 1 unspecified atom stereocenters. The highest BCUT2D eigenvalue weighted by atomic mass is 16.5. The average molecular weight is 239 g/mol. The minimum atomic E-state index is 0.127. The van der Waals surface area contributed by atoms with Crippen molar-refractivity contribution < 1.29 is 9.26 Å². The van der Waals surface area contributed by atoms with Gasteiger partial charge in [-0.15, -0.1) is 0 Å². The van der Waals surface area contributed by atoms with E-state index in [1.807, 2.05) is 0 Å². The highest BCUT2D eigenvalue weighted by Crippen LogP contribution is 2.22. The van der Waals surface area contributed by atoms with Crippen LogP contribution in [0.1, 0.15) is 44.8 Å². The third kappa shape index (κ3) is 3.78. The SMILES string of the molecule is CC(C)(C)NCCc1nc(C2CCOC2)no1. The predicted molar refractivity (Wildman–Crippen MR) is 63.9 cm³/mol. The summed E-state index contributed by atoms with van der Waals surface area (Å²) in [6.45, 7) is 8.80. The Hall–Kier alpha value is -0.940. The van der Waals surface area contributed by atoms with Crippen LogP contribution in [0.5, 0.6) is 0 Å². The second-order valence-electron chi connectivity index (χ2n) is 5.53. The van der Waals surface area contributed by atoms with Crippen LogP contribution in [-0.4, -0.2) is 35.4 Å². The summed E-state index contributed by atoms with van der Waals surface area (Å²) in [7, 11) is 0. The Morgan fingerprint density at radius 2 is 2.24 bits per heavy atom. The average Bonchev–Trinajstić information content (AvgIpc) is 2.83. The first-order valence-corrected chi connectivity index (χ1v) is 6.20. The summed E-state index contributed by atoms with van der Waals surface area (Å²) >= 11 is 0. The first-order valence-electron chi connectivity index (χ1n) is 6.20. The first kappa shape index (κ1) is 12.5. The highest BCUT2D eigenvalue weighted by Gasteiger charge is 2.23. The molecule has 1 N–H and O–H groups in total. The fourth-order valence-corrected chi connectivity index (χ4v) is 1.82. The number of nitrogens with zero attached hydrogens (tertiary/aromatic N) is 2. The van der Waals surface area contributed by atoms with Crippen LogP contribution in [0.15, 0.2) is 4.52 Å². The van der Waals surface area contributed by atoms with Gasteiger partial charge in [-0.1, -0.05) is 5.16 Å². The molecule has 0 aromatic carbocycles. The Bertz CT molecular complexity index is 351. The van der Waals surface area contributed by atoms with E-state index >= 15 is 0 Å². The third-order valence-electron chi connectivity index (χ3n) is 2.77. The van der Waals surface area contributed by atoms with E-state index in [0.717, 1.165) is 38.4 Å². The Balaban J connectivity index is 1.81. The van der Waals surface area contributed by atoms with Crippen molar-refractivity contribution in [2.24, 2.45) is 0 Å². The molecule has 1 aromatic heterocycles. The van der Waals surface area contributed by atoms with E-state index in [4.69, 9.17) is 9.26 Å². The maximum atomic E-state index is 5.31. The standard InChI is InChI=1S/C12H21N3O2/c1-12(2,3)13-6-4-10-14-11(15-17-10)9-5-7-16-8-9/h9,13H,4-8H2,1-3H3. The lowest BCUT2D eigenvalue weighted by Crippen LogP contribution is -2.37. The monoisotopic (exact) mass is 239 g/mol. The smallest absolute Gasteiger partial charge is 0.227 e. The fourth-order valence-electron chi connectivity index (χ4n) is 1.82. The number of rotatable bonds is 4. The molecule has 0 radical (unpaired) electrons. The zero-order valence-corrected chi connectivity index (χ0v) is 10.8. The largest absolute Gasteiger partial charge is 0.381 e. The lowest BCUT2D eigenvalue weighted by atomic mass is 10.1. The summed E-state index contributed by atoms with van der Waals surface area (Å²) < 4.78 is 10.5. The van der Waals surface area contributed by atoms with E-state index in [9.17, 15) is 0 Å². The van der Waals surface area contributed by atoms with Crippen molar-refractivity contribution in [2.75, 3.05) is 19.8 Å². The van der Waals surface area contributed by atoms with E-state index in [-0.39, 0.29) is 5.54 Å². The van der Waals surface area contributed by atoms with Crippen LogP contribution in [-0.2, 0) is 11.2 Å². The Morgan fingerprint density at radius 1 is 1.41 bits per heavy atom. The minimum Gasteiger partial charge on any atom is -0.381 e. The molecule has 0 saturated carbocycles. The van der Waals surface area contributed by atoms with Crippen molar-refractivity contribution in [3.05, 3.63) is 11.7 Å². The summed E-state index contributed by atoms with van der Waals surface area (Å²) in [5.41, 5.74) is 0.127. The second kappa shape index (κ2) is 5.14. The number of hydrogen-bond acceptors (Lipinski definition) is 5. The van der Waals surface area contributed by atoms with Gasteiger partial charge in [0.2, 0.25) is 5.89 Å². The van der Waals surface area contributed by atoms with Gasteiger partial charge in [0.15, 0.2) is 5.82 Å². The molecule has 0 aliphatic carbocycles. The molecule has 96 valence electrons. The molecule has 0 spiro atoms. The molecule has 5 heteroatoms. The lowest BCUT2D eigenvalue weighted by Gasteiger charge is -2.19. The molecular formula is C12H21N3O2. The molecule has 1 saturated heterocycles. The quantitative estimate of drug-likeness (QED) is 0.863. The van der Waals surface area contributed by atoms with Crippen molar-refractivity contribution in [2.45, 2.75) is 45.1 Å². The zero-order chi connectivity index (χ0) is 12.3. The molecule has 17 heavy (non-hydrogen) atoms. The Labute approximate surface area is 102 Å². The lowest BCUT2D eigenvalue weighted by molar-refractivity contribution is 0.192. The molecule has 0 amide bonds. The van der Waals surface area contributed by atoms with Gasteiger partial charge in [-0.25, -0.2) is 0 Å². The third-order valence-corrected chi connectivity index (χ3v) is 2.77. The summed E-state index contributed by atoms with van der Waals surface area (Å²) in [5.74, 6) is 1.83. The summed E-state index contributed by atoms with van der Waals surface area (Å²) in [5, 5.41) is 7.42. The summed E-state index contributed by atoms with van der Waals surface area (Å²) in [6, 6.07) is 0. The molecule has 5 nitrogen and oxygen atoms in total. The molecule has 1 fully saturated rings. The van der Waals surface area contributed by atoms with Crippen molar-refractivity contribution in [3.8, 4) is 0 Å². The van der Waals surface area contributed by atoms with E-state index < -0.39 is 0 Å². The maximum absolute atomic E-state index is 5.31. The van der Waals surface area contributed by atoms with Gasteiger partial charge in [-0.2, -0.15) is 4.98 Å². The van der Waals surface area contributed by atoms with Gasteiger partial charge < -0.3 is 14.6 Å². The van der Waals surface area contributed by atoms with E-state index in [1.54, 1.807) is 0 Å². The zero-order valence-electron chi connectivity index (χ0n) is 10.8. The van der Waals surface area contributed by atoms with E-state index in [0.29, 0.717) is 11.8 Å². The molecule has 2 heterocycles. The number of aromatic nitrogens is 2. The van der Waals surface area contributed by atoms with Crippen molar-refractivity contribution in [3.63, 3.8) is 0 Å². The van der Waals surface area contributed by atoms with Gasteiger partial charge >= 0.3 is 0 Å². The van der Waals surface area contributed by atoms with Crippen LogP contribution in [0.2, 0.25) is 0 Å². The Morgan fingerprint density at radius 3 is 2.88 bits per heavy atom. The first-order chi connectivity index (χ1) is 8.04. The second-order valence-corrected chi connectivity index (χ2v) is 5.53. The summed E-state index contributed by atoms with van der Waals surface area (Å²) in [6.07, 6.45) is 1.77. The van der Waals surface area contributed by atoms with Crippen LogP contribution in [0.25, 0.3) is 0 Å². The van der Waals surface area contributed by atoms with Gasteiger partial charge in [-0.3, -0.25) is 0 Å². The molecular weight excluding hydrogens is 218 g/mol. The topological polar surface area (TPSA) is 60.2 Å². The Kier molecular flexibility index (Phi) is 3.79. The maximum Gasteiger partial charge on any atom is 0.227 e. The molecule has 1 atom stereocenters. The molecule has 1 aromatic rings. The van der Waals surface area contributed by atoms with E-state index in [2.05, 4.69) is 36.2 Å². The molecule has 2 rings (SSSR count). The number of ether oxygens (including phenoxy) is 1. The highest BCUT2D eigenvalue weighted by molar-refractivity contribution is 4.97. The van der Waals surface area contributed by atoms with E-state index in [1.165, 1.54) is 0 Å². The van der Waals surface area contributed by atoms with Crippen molar-refractivity contribution in [1.82, 2.24) is 15.5 Å². The summed E-state index contributed by atoms with van der Waals surface area (Å²) in [4.78, 5) is 4.41. The van der Waals surface area contributed by atoms with Gasteiger partial charge in [0.1, 0.15) is 0 Å². The normalized spacial score (nSPS) is 21.0. The van der Waals surface area contributed by atoms with Crippen molar-refractivity contribution in [1.29, 1.82) is 0 Å². The molecule has 1 aliphatic rings. The van der Waals surface area contributed by atoms with Gasteiger partial charge in [-0.05, 0) is 27.2 Å².